The Bertz CT molecular complexity index is 2120. The minimum Gasteiger partial charge on any atom is -0.444 e. The third-order valence-electron chi connectivity index (χ3n) is 17.5. The van der Waals surface area contributed by atoms with Gasteiger partial charge in [-0.05, 0) is 142 Å². The van der Waals surface area contributed by atoms with E-state index in [1.807, 2.05) is 0 Å². The molecule has 17 heteroatoms. The third kappa shape index (κ3) is 9.00. The van der Waals surface area contributed by atoms with Crippen LogP contribution in [-0.2, 0) is 59.4 Å². The van der Waals surface area contributed by atoms with E-state index >= 15 is 0 Å². The quantitative estimate of drug-likeness (QED) is 0.257. The average Bonchev–Trinajstić information content (AvgIpc) is 4.21. The summed E-state index contributed by atoms with van der Waals surface area (Å²) in [6, 6.07) is 0. The van der Waals surface area contributed by atoms with Gasteiger partial charge >= 0.3 is 12.1 Å². The van der Waals surface area contributed by atoms with Gasteiger partial charge in [-0.25, -0.2) is 29.5 Å². The molecule has 8 bridgehead atoms. The second-order valence-electron chi connectivity index (χ2n) is 21.8. The number of nitrogens with zero attached hydrogens (tertiary/aromatic N) is 6. The Hall–Kier alpha value is -4.48. The highest BCUT2D eigenvalue weighted by Crippen LogP contribution is 2.66. The molecule has 11 fully saturated rings. The molecule has 17 nitrogen and oxygen atoms in total. The van der Waals surface area contributed by atoms with Crippen LogP contribution in [0.2, 0.25) is 0 Å². The SMILES string of the molecule is O=C(C[C@@H]1CCOC1)ON1C(=O)CCC1=O.O=C(O[C@@H]1CCOC1)N1CCc2c(ncnc2NCC23CC4CC(CC2C4)C3)C1.c1nc2c(c(NCC34CC5CC(CC3C5)C4)n1)CCNC2. The van der Waals surface area contributed by atoms with Crippen LogP contribution in [0.4, 0.5) is 16.4 Å². The molecule has 3 amide bonds. The minimum absolute atomic E-state index is 0.109. The number of fused-ring (bicyclic) bond motifs is 2. The Morgan fingerprint density at radius 3 is 1.91 bits per heavy atom. The summed E-state index contributed by atoms with van der Waals surface area (Å²) in [5, 5.41) is 11.4. The lowest BCUT2D eigenvalue weighted by molar-refractivity contribution is -0.198. The summed E-state index contributed by atoms with van der Waals surface area (Å²) in [6.45, 7) is 7.65. The maximum Gasteiger partial charge on any atom is 0.410 e. The number of amides is 3. The smallest absolute Gasteiger partial charge is 0.410 e. The van der Waals surface area contributed by atoms with Crippen molar-refractivity contribution in [1.82, 2.24) is 35.2 Å². The molecule has 6 atom stereocenters. The van der Waals surface area contributed by atoms with Crippen LogP contribution in [-0.4, -0.2) is 112 Å². The molecule has 356 valence electrons. The Balaban J connectivity index is 0.000000115. The Kier molecular flexibility index (Phi) is 12.4. The summed E-state index contributed by atoms with van der Waals surface area (Å²) >= 11 is 0. The minimum atomic E-state index is -0.542. The molecule has 8 aliphatic carbocycles. The van der Waals surface area contributed by atoms with Crippen LogP contribution in [0.3, 0.4) is 0 Å². The predicted octanol–water partition coefficient (Wildman–Crippen LogP) is 5.38. The molecule has 7 heterocycles. The Morgan fingerprint density at radius 2 is 1.32 bits per heavy atom. The number of aromatic nitrogens is 4. The first kappa shape index (κ1) is 44.1. The molecular formula is C49H67N9O8. The second kappa shape index (κ2) is 18.5. The van der Waals surface area contributed by atoms with Crippen molar-refractivity contribution < 1.29 is 38.2 Å². The van der Waals surface area contributed by atoms with E-state index < -0.39 is 17.8 Å². The topological polar surface area (TPSA) is 199 Å². The number of nitrogens with one attached hydrogen (secondary N) is 3. The van der Waals surface area contributed by atoms with Crippen LogP contribution in [0.1, 0.15) is 119 Å². The molecule has 0 aromatic carbocycles. The normalized spacial score (nSPS) is 35.0. The molecule has 0 spiro atoms. The average molecular weight is 910 g/mol. The summed E-state index contributed by atoms with van der Waals surface area (Å²) in [7, 11) is 0. The number of carbonyl (C=O) groups excluding carboxylic acids is 4. The van der Waals surface area contributed by atoms with Gasteiger partial charge in [0.05, 0.1) is 44.2 Å². The van der Waals surface area contributed by atoms with E-state index in [0.717, 1.165) is 105 Å². The maximum atomic E-state index is 12.5. The largest absolute Gasteiger partial charge is 0.444 e. The van der Waals surface area contributed by atoms with Crippen LogP contribution in [0.25, 0.3) is 0 Å². The van der Waals surface area contributed by atoms with E-state index in [0.29, 0.717) is 55.4 Å². The van der Waals surface area contributed by atoms with E-state index in [2.05, 4.69) is 35.9 Å². The monoisotopic (exact) mass is 910 g/mol. The van der Waals surface area contributed by atoms with Crippen molar-refractivity contribution in [1.29, 1.82) is 0 Å². The molecule has 4 unspecified atom stereocenters. The number of anilines is 2. The lowest BCUT2D eigenvalue weighted by Crippen LogP contribution is -2.39. The number of rotatable bonds is 10. The van der Waals surface area contributed by atoms with Crippen molar-refractivity contribution in [3.05, 3.63) is 35.2 Å². The number of ether oxygens (including phenoxy) is 3. The molecule has 13 aliphatic rings. The third-order valence-corrected chi connectivity index (χ3v) is 17.5. The van der Waals surface area contributed by atoms with Crippen LogP contribution >= 0.6 is 0 Å². The molecule has 5 aliphatic heterocycles. The van der Waals surface area contributed by atoms with Gasteiger partial charge in [0.2, 0.25) is 0 Å². The summed E-state index contributed by atoms with van der Waals surface area (Å²) in [4.78, 5) is 70.8. The second-order valence-corrected chi connectivity index (χ2v) is 21.8. The molecule has 2 aromatic heterocycles. The van der Waals surface area contributed by atoms with Gasteiger partial charge in [0, 0.05) is 63.2 Å². The zero-order chi connectivity index (χ0) is 44.8. The van der Waals surface area contributed by atoms with Crippen molar-refractivity contribution in [2.75, 3.05) is 63.2 Å². The fourth-order valence-corrected chi connectivity index (χ4v) is 14.7. The Labute approximate surface area is 387 Å². The molecule has 15 rings (SSSR count). The number of hydroxylamine groups is 2. The van der Waals surface area contributed by atoms with E-state index in [-0.39, 0.29) is 37.4 Å². The first-order valence-corrected chi connectivity index (χ1v) is 25.2. The van der Waals surface area contributed by atoms with Gasteiger partial charge in [-0.3, -0.25) is 9.59 Å². The van der Waals surface area contributed by atoms with Crippen LogP contribution < -0.4 is 16.0 Å². The molecule has 3 N–H and O–H groups in total. The summed E-state index contributed by atoms with van der Waals surface area (Å²) in [5.74, 6) is 6.73. The lowest BCUT2D eigenvalue weighted by atomic mass is 9.75. The van der Waals surface area contributed by atoms with Gasteiger partial charge in [0.15, 0.2) is 0 Å². The summed E-state index contributed by atoms with van der Waals surface area (Å²) in [6.07, 6.45) is 21.5. The van der Waals surface area contributed by atoms with Gasteiger partial charge < -0.3 is 39.9 Å². The van der Waals surface area contributed by atoms with Crippen molar-refractivity contribution in [3.63, 3.8) is 0 Å². The Morgan fingerprint density at radius 1 is 0.727 bits per heavy atom. The van der Waals surface area contributed by atoms with E-state index in [1.54, 1.807) is 17.6 Å². The fourth-order valence-electron chi connectivity index (χ4n) is 14.7. The van der Waals surface area contributed by atoms with Crippen LogP contribution in [0, 0.1) is 52.3 Å². The highest BCUT2D eigenvalue weighted by atomic mass is 16.7. The van der Waals surface area contributed by atoms with Gasteiger partial charge in [0.1, 0.15) is 30.4 Å². The van der Waals surface area contributed by atoms with Crippen LogP contribution in [0.5, 0.6) is 0 Å². The zero-order valence-electron chi connectivity index (χ0n) is 38.3. The molecule has 0 radical (unpaired) electrons. The van der Waals surface area contributed by atoms with Crippen molar-refractivity contribution in [3.8, 4) is 0 Å². The fraction of sp³-hybridized carbons (Fsp3) is 0.755. The molecular weight excluding hydrogens is 843 g/mol. The van der Waals surface area contributed by atoms with Crippen LogP contribution in [0.15, 0.2) is 12.7 Å². The predicted molar refractivity (Wildman–Crippen MR) is 239 cm³/mol. The number of imide groups is 1. The highest BCUT2D eigenvalue weighted by Gasteiger charge is 2.58. The first-order valence-electron chi connectivity index (χ1n) is 25.2. The van der Waals surface area contributed by atoms with Gasteiger partial charge in [-0.2, -0.15) is 0 Å². The molecule has 66 heavy (non-hydrogen) atoms. The highest BCUT2D eigenvalue weighted by molar-refractivity contribution is 6.01. The molecule has 2 aromatic rings. The number of hydrogen-bond acceptors (Lipinski definition) is 15. The lowest BCUT2D eigenvalue weighted by Gasteiger charge is -2.34. The van der Waals surface area contributed by atoms with E-state index in [1.165, 1.54) is 81.0 Å². The van der Waals surface area contributed by atoms with Crippen molar-refractivity contribution >= 4 is 35.5 Å². The van der Waals surface area contributed by atoms with Gasteiger partial charge in [-0.1, -0.05) is 0 Å². The van der Waals surface area contributed by atoms with E-state index in [4.69, 9.17) is 19.0 Å². The van der Waals surface area contributed by atoms with Crippen molar-refractivity contribution in [2.24, 2.45) is 52.3 Å². The maximum absolute atomic E-state index is 12.5. The summed E-state index contributed by atoms with van der Waals surface area (Å²) < 4.78 is 16.0. The number of hydrogen-bond donors (Lipinski definition) is 3. The van der Waals surface area contributed by atoms with Gasteiger partial charge in [-0.15, -0.1) is 5.06 Å². The summed E-state index contributed by atoms with van der Waals surface area (Å²) in [5.41, 5.74) is 5.76. The number of carbonyl (C=O) groups is 4. The van der Waals surface area contributed by atoms with Crippen molar-refractivity contribution in [2.45, 2.75) is 128 Å². The molecule has 8 saturated carbocycles. The van der Waals surface area contributed by atoms with E-state index in [9.17, 15) is 19.2 Å². The standard InChI is InChI=1S/C22H30N4O3.C17H24N4.C10H13NO5/c27-21(29-17-2-4-28-11-17)26-3-1-18-19(10-26)24-13-25-20(18)23-12-22-8-14-5-15(9-22)7-16(22)6-14;1-2-18-8-15-14(1)16(21-10-20-15)19-9-17-6-11-3-12(7-17)5-13(17)4-11;12-8-1-2-9(13)11(8)16-10(14)5-7-3-4-15-6-7/h13-17H,1-12H2,(H,23,24,25);10-13,18H,1-9H2,(H,19,20,21);7H,1-6H2/t14?,15?,16?,17-,22?;;7-/m1.0/s1. The first-order chi connectivity index (χ1) is 32.2. The van der Waals surface area contributed by atoms with Gasteiger partial charge in [0.25, 0.3) is 11.8 Å². The molecule has 3 saturated heterocycles. The zero-order valence-corrected chi connectivity index (χ0v) is 38.3.